The summed E-state index contributed by atoms with van der Waals surface area (Å²) in [5.41, 5.74) is 2.29. The van der Waals surface area contributed by atoms with E-state index in [1.165, 1.54) is 5.56 Å². The van der Waals surface area contributed by atoms with Crippen molar-refractivity contribution in [2.24, 2.45) is 0 Å². The molecule has 1 aromatic carbocycles. The van der Waals surface area contributed by atoms with Gasteiger partial charge in [-0.05, 0) is 61.8 Å². The van der Waals surface area contributed by atoms with Crippen molar-refractivity contribution in [1.82, 2.24) is 10.0 Å². The van der Waals surface area contributed by atoms with Crippen LogP contribution in [0, 0.1) is 0 Å². The summed E-state index contributed by atoms with van der Waals surface area (Å²) in [6.45, 7) is -0.393. The molecule has 0 aliphatic heterocycles. The van der Waals surface area contributed by atoms with E-state index in [0.29, 0.717) is 0 Å². The minimum atomic E-state index is -3.67. The number of nitrogens with one attached hydrogen (secondary N) is 2. The number of benzene rings is 1. The summed E-state index contributed by atoms with van der Waals surface area (Å²) in [6.07, 6.45) is 5.90. The van der Waals surface area contributed by atoms with E-state index in [1.807, 2.05) is 6.07 Å². The molecule has 1 fully saturated rings. The summed E-state index contributed by atoms with van der Waals surface area (Å²) in [4.78, 5) is 23.3. The van der Waals surface area contributed by atoms with Gasteiger partial charge in [0.1, 0.15) is 0 Å². The highest BCUT2D eigenvalue weighted by Gasteiger charge is 2.23. The zero-order valence-electron chi connectivity index (χ0n) is 14.6. The number of carbonyl (C=O) groups excluding carboxylic acids is 2. The third-order valence-electron chi connectivity index (χ3n) is 4.56. The monoisotopic (exact) mass is 380 g/mol. The van der Waals surface area contributed by atoms with Gasteiger partial charge in [-0.15, -0.1) is 0 Å². The molecule has 7 nitrogen and oxygen atoms in total. The molecule has 2 aliphatic rings. The average Bonchev–Trinajstić information content (AvgIpc) is 3.43. The van der Waals surface area contributed by atoms with Gasteiger partial charge in [0.25, 0.3) is 5.91 Å². The van der Waals surface area contributed by atoms with Crippen molar-refractivity contribution in [2.45, 2.75) is 55.9 Å². The average molecular weight is 380 g/mol. The molecule has 26 heavy (non-hydrogen) atoms. The highest BCUT2D eigenvalue weighted by Crippen LogP contribution is 2.24. The van der Waals surface area contributed by atoms with Crippen molar-refractivity contribution < 1.29 is 22.7 Å². The molecule has 0 atom stereocenters. The number of aryl methyl sites for hydroxylation is 2. The molecular weight excluding hydrogens is 356 g/mol. The molecule has 8 heteroatoms. The van der Waals surface area contributed by atoms with Gasteiger partial charge < -0.3 is 10.1 Å². The molecule has 0 radical (unpaired) electrons. The van der Waals surface area contributed by atoms with Gasteiger partial charge >= 0.3 is 5.97 Å². The van der Waals surface area contributed by atoms with Gasteiger partial charge in [0.2, 0.25) is 10.0 Å². The normalized spacial score (nSPS) is 16.6. The first-order valence-corrected chi connectivity index (χ1v) is 10.5. The Morgan fingerprint density at radius 2 is 1.85 bits per heavy atom. The second-order valence-corrected chi connectivity index (χ2v) is 8.55. The molecule has 0 saturated heterocycles. The summed E-state index contributed by atoms with van der Waals surface area (Å²) in [7, 11) is -3.67. The number of ether oxygens (including phenoxy) is 1. The molecule has 1 aromatic rings. The van der Waals surface area contributed by atoms with Crippen LogP contribution in [0.25, 0.3) is 0 Å². The number of fused-ring (bicyclic) bond motifs is 1. The Kier molecular flexibility index (Phi) is 5.93. The van der Waals surface area contributed by atoms with Gasteiger partial charge in [-0.25, -0.2) is 13.1 Å². The molecular formula is C18H24N2O5S. The molecule has 0 bridgehead atoms. The third kappa shape index (κ3) is 5.28. The van der Waals surface area contributed by atoms with Crippen LogP contribution in [0.2, 0.25) is 0 Å². The van der Waals surface area contributed by atoms with E-state index in [0.717, 1.165) is 44.1 Å². The third-order valence-corrected chi connectivity index (χ3v) is 6.02. The number of rotatable bonds is 8. The van der Waals surface area contributed by atoms with Crippen molar-refractivity contribution >= 4 is 21.9 Å². The summed E-state index contributed by atoms with van der Waals surface area (Å²) >= 11 is 0. The topological polar surface area (TPSA) is 102 Å². The van der Waals surface area contributed by atoms with Gasteiger partial charge in [0, 0.05) is 12.6 Å². The van der Waals surface area contributed by atoms with E-state index >= 15 is 0 Å². The maximum atomic E-state index is 12.4. The molecule has 142 valence electrons. The van der Waals surface area contributed by atoms with E-state index in [2.05, 4.69) is 10.0 Å². The predicted molar refractivity (Wildman–Crippen MR) is 95.0 cm³/mol. The molecule has 1 saturated carbocycles. The second kappa shape index (κ2) is 8.18. The van der Waals surface area contributed by atoms with Gasteiger partial charge in [0.05, 0.1) is 11.3 Å². The zero-order valence-corrected chi connectivity index (χ0v) is 15.4. The first kappa shape index (κ1) is 18.8. The highest BCUT2D eigenvalue weighted by atomic mass is 32.2. The summed E-state index contributed by atoms with van der Waals surface area (Å²) in [5.74, 6) is -0.931. The Labute approximate surface area is 153 Å². The smallest absolute Gasteiger partial charge is 0.307 e. The molecule has 3 rings (SSSR count). The maximum Gasteiger partial charge on any atom is 0.307 e. The van der Waals surface area contributed by atoms with Crippen molar-refractivity contribution in [2.75, 3.05) is 13.2 Å². The summed E-state index contributed by atoms with van der Waals surface area (Å²) in [6, 6.07) is 5.41. The van der Waals surface area contributed by atoms with Gasteiger partial charge in [-0.1, -0.05) is 6.07 Å². The summed E-state index contributed by atoms with van der Waals surface area (Å²) < 4.78 is 32.0. The number of sulfonamides is 1. The minimum absolute atomic E-state index is 0.0670. The van der Waals surface area contributed by atoms with Gasteiger partial charge in [-0.3, -0.25) is 9.59 Å². The van der Waals surface area contributed by atoms with E-state index in [1.54, 1.807) is 12.1 Å². The van der Waals surface area contributed by atoms with Crippen LogP contribution in [0.4, 0.5) is 0 Å². The first-order valence-electron chi connectivity index (χ1n) is 9.00. The lowest BCUT2D eigenvalue weighted by Crippen LogP contribution is -2.31. The molecule has 0 spiro atoms. The van der Waals surface area contributed by atoms with Crippen LogP contribution in [0.15, 0.2) is 23.1 Å². The molecule has 1 amide bonds. The Balaban J connectivity index is 1.44. The lowest BCUT2D eigenvalue weighted by molar-refractivity contribution is -0.148. The first-order chi connectivity index (χ1) is 12.4. The molecule has 2 aliphatic carbocycles. The van der Waals surface area contributed by atoms with Crippen LogP contribution in [-0.2, 0) is 37.2 Å². The van der Waals surface area contributed by atoms with Crippen LogP contribution in [0.3, 0.4) is 0 Å². The van der Waals surface area contributed by atoms with E-state index in [-0.39, 0.29) is 36.4 Å². The Morgan fingerprint density at radius 1 is 1.12 bits per heavy atom. The Morgan fingerprint density at radius 3 is 2.58 bits per heavy atom. The maximum absolute atomic E-state index is 12.4. The fourth-order valence-electron chi connectivity index (χ4n) is 2.96. The van der Waals surface area contributed by atoms with Gasteiger partial charge in [-0.2, -0.15) is 0 Å². The fraction of sp³-hybridized carbons (Fsp3) is 0.556. The van der Waals surface area contributed by atoms with Crippen molar-refractivity contribution in [1.29, 1.82) is 0 Å². The number of esters is 1. The zero-order chi connectivity index (χ0) is 18.6. The predicted octanol–water partition coefficient (Wildman–Crippen LogP) is 1.06. The lowest BCUT2D eigenvalue weighted by atomic mass is 9.92. The quantitative estimate of drug-likeness (QED) is 0.657. The molecule has 2 N–H and O–H groups in total. The highest BCUT2D eigenvalue weighted by molar-refractivity contribution is 7.89. The Hall–Kier alpha value is -1.93. The molecule has 0 unspecified atom stereocenters. The lowest BCUT2D eigenvalue weighted by Gasteiger charge is -2.16. The molecule has 0 heterocycles. The Bertz CT molecular complexity index is 787. The standard InChI is InChI=1S/C18H24N2O5S/c21-17(20-15-6-7-15)12-25-18(22)9-10-19-26(23,24)16-8-5-13-3-1-2-4-14(13)11-16/h5,8,11,15,19H,1-4,6-7,9-10,12H2,(H,20,21). The second-order valence-electron chi connectivity index (χ2n) is 6.79. The number of amides is 1. The van der Waals surface area contributed by atoms with Crippen molar-refractivity contribution in [3.05, 3.63) is 29.3 Å². The van der Waals surface area contributed by atoms with Crippen molar-refractivity contribution in [3.8, 4) is 0 Å². The van der Waals surface area contributed by atoms with Gasteiger partial charge in [0.15, 0.2) is 6.61 Å². The van der Waals surface area contributed by atoms with E-state index < -0.39 is 16.0 Å². The van der Waals surface area contributed by atoms with Crippen LogP contribution < -0.4 is 10.0 Å². The van der Waals surface area contributed by atoms with Crippen LogP contribution in [-0.4, -0.2) is 39.5 Å². The van der Waals surface area contributed by atoms with Crippen LogP contribution >= 0.6 is 0 Å². The molecule has 0 aromatic heterocycles. The fourth-order valence-corrected chi connectivity index (χ4v) is 4.05. The number of hydrogen-bond acceptors (Lipinski definition) is 5. The largest absolute Gasteiger partial charge is 0.456 e. The minimum Gasteiger partial charge on any atom is -0.456 e. The SMILES string of the molecule is O=C(COC(=O)CCNS(=O)(=O)c1ccc2c(c1)CCCC2)NC1CC1. The van der Waals surface area contributed by atoms with Crippen molar-refractivity contribution in [3.63, 3.8) is 0 Å². The van der Waals surface area contributed by atoms with E-state index in [4.69, 9.17) is 4.74 Å². The number of hydrogen-bond donors (Lipinski definition) is 2. The van der Waals surface area contributed by atoms with Crippen LogP contribution in [0.5, 0.6) is 0 Å². The van der Waals surface area contributed by atoms with Crippen LogP contribution in [0.1, 0.15) is 43.2 Å². The summed E-state index contributed by atoms with van der Waals surface area (Å²) in [5, 5.41) is 2.71. The number of carbonyl (C=O) groups is 2. The van der Waals surface area contributed by atoms with E-state index in [9.17, 15) is 18.0 Å².